The van der Waals surface area contributed by atoms with Crippen LogP contribution < -0.4 is 10.1 Å². The van der Waals surface area contributed by atoms with E-state index in [0.29, 0.717) is 6.54 Å². The fourth-order valence-electron chi connectivity index (χ4n) is 1.68. The smallest absolute Gasteiger partial charge is 0.142 e. The monoisotopic (exact) mass is 306 g/mol. The molecule has 0 fully saturated rings. The summed E-state index contributed by atoms with van der Waals surface area (Å²) in [6.45, 7) is 2.71. The van der Waals surface area contributed by atoms with Crippen LogP contribution >= 0.6 is 15.9 Å². The molecule has 0 aliphatic rings. The second-order valence-corrected chi connectivity index (χ2v) is 4.82. The molecular weight excluding hydrogens is 292 g/mol. The number of methoxy groups -OCH3 is 1. The number of aryl methyl sites for hydroxylation is 1. The number of benzene rings is 1. The number of hydrogen-bond acceptors (Lipinski definition) is 3. The summed E-state index contributed by atoms with van der Waals surface area (Å²) < 4.78 is 6.19. The van der Waals surface area contributed by atoms with Crippen LogP contribution in [0.2, 0.25) is 0 Å². The van der Waals surface area contributed by atoms with Crippen molar-refractivity contribution < 1.29 is 4.74 Å². The molecule has 0 bridgehead atoms. The van der Waals surface area contributed by atoms with Crippen molar-refractivity contribution in [3.8, 4) is 5.75 Å². The average Bonchev–Trinajstić information content (AvgIpc) is 2.37. The molecule has 0 atom stereocenters. The Bertz CT molecular complexity index is 543. The third-order valence-electron chi connectivity index (χ3n) is 2.59. The topological polar surface area (TPSA) is 34.1 Å². The van der Waals surface area contributed by atoms with E-state index in [2.05, 4.69) is 32.3 Å². The van der Waals surface area contributed by atoms with E-state index in [-0.39, 0.29) is 0 Å². The molecule has 0 amide bonds. The lowest BCUT2D eigenvalue weighted by molar-refractivity contribution is 0.416. The van der Waals surface area contributed by atoms with Gasteiger partial charge in [0, 0.05) is 0 Å². The molecule has 0 saturated carbocycles. The summed E-state index contributed by atoms with van der Waals surface area (Å²) >= 11 is 3.36. The molecule has 1 N–H and O–H groups in total. The lowest BCUT2D eigenvalue weighted by Gasteiger charge is -2.11. The number of halogens is 1. The highest BCUT2D eigenvalue weighted by atomic mass is 79.9. The molecule has 0 aliphatic heterocycles. The summed E-state index contributed by atoms with van der Waals surface area (Å²) in [6, 6.07) is 12.0. The van der Waals surface area contributed by atoms with E-state index in [0.717, 1.165) is 21.7 Å². The van der Waals surface area contributed by atoms with Crippen LogP contribution in [-0.4, -0.2) is 12.1 Å². The van der Waals surface area contributed by atoms with E-state index in [1.807, 2.05) is 37.3 Å². The molecule has 94 valence electrons. The van der Waals surface area contributed by atoms with Crippen molar-refractivity contribution >= 4 is 21.6 Å². The molecule has 2 aromatic rings. The molecule has 1 aromatic heterocycles. The normalized spacial score (nSPS) is 10.2. The van der Waals surface area contributed by atoms with Gasteiger partial charge >= 0.3 is 0 Å². The predicted octanol–water partition coefficient (Wildman–Crippen LogP) is 3.77. The van der Waals surface area contributed by atoms with Gasteiger partial charge in [0.25, 0.3) is 0 Å². The molecule has 0 aliphatic carbocycles. The number of nitrogens with zero attached hydrogens (tertiary/aromatic N) is 1. The number of rotatable bonds is 4. The maximum Gasteiger partial charge on any atom is 0.142 e. The standard InChI is InChI=1S/C14H15BrN2O/c1-10-6-7-12(13(8-10)18-2)16-9-11-4-3-5-14(15)17-11/h3-8,16H,9H2,1-2H3. The van der Waals surface area contributed by atoms with Gasteiger partial charge in [0.15, 0.2) is 0 Å². The minimum Gasteiger partial charge on any atom is -0.495 e. The van der Waals surface area contributed by atoms with Crippen LogP contribution in [0, 0.1) is 6.92 Å². The molecule has 0 unspecified atom stereocenters. The van der Waals surface area contributed by atoms with Crippen molar-refractivity contribution in [2.24, 2.45) is 0 Å². The van der Waals surface area contributed by atoms with Gasteiger partial charge in [0.1, 0.15) is 10.4 Å². The van der Waals surface area contributed by atoms with Crippen LogP contribution in [0.5, 0.6) is 5.75 Å². The van der Waals surface area contributed by atoms with Gasteiger partial charge in [0.2, 0.25) is 0 Å². The number of pyridine rings is 1. The zero-order valence-corrected chi connectivity index (χ0v) is 12.0. The second-order valence-electron chi connectivity index (χ2n) is 4.01. The number of hydrogen-bond donors (Lipinski definition) is 1. The SMILES string of the molecule is COc1cc(C)ccc1NCc1cccc(Br)n1. The molecule has 1 heterocycles. The quantitative estimate of drug-likeness (QED) is 0.873. The molecule has 0 radical (unpaired) electrons. The van der Waals surface area contributed by atoms with Crippen molar-refractivity contribution in [1.82, 2.24) is 4.98 Å². The highest BCUT2D eigenvalue weighted by Gasteiger charge is 2.03. The Morgan fingerprint density at radius 3 is 2.83 bits per heavy atom. The maximum absolute atomic E-state index is 5.35. The maximum atomic E-state index is 5.35. The predicted molar refractivity (Wildman–Crippen MR) is 77.0 cm³/mol. The van der Waals surface area contributed by atoms with Crippen LogP contribution in [0.25, 0.3) is 0 Å². The van der Waals surface area contributed by atoms with Gasteiger partial charge in [-0.2, -0.15) is 0 Å². The number of anilines is 1. The van der Waals surface area contributed by atoms with Gasteiger partial charge in [-0.25, -0.2) is 4.98 Å². The lowest BCUT2D eigenvalue weighted by Crippen LogP contribution is -2.03. The van der Waals surface area contributed by atoms with Crippen molar-refractivity contribution in [2.75, 3.05) is 12.4 Å². The molecule has 18 heavy (non-hydrogen) atoms. The van der Waals surface area contributed by atoms with Gasteiger partial charge < -0.3 is 10.1 Å². The van der Waals surface area contributed by atoms with Crippen LogP contribution in [0.1, 0.15) is 11.3 Å². The van der Waals surface area contributed by atoms with E-state index in [1.165, 1.54) is 5.56 Å². The zero-order valence-electron chi connectivity index (χ0n) is 10.4. The van der Waals surface area contributed by atoms with Crippen LogP contribution in [0.4, 0.5) is 5.69 Å². The van der Waals surface area contributed by atoms with E-state index in [1.54, 1.807) is 7.11 Å². The van der Waals surface area contributed by atoms with Crippen LogP contribution in [0.15, 0.2) is 41.0 Å². The Balaban J connectivity index is 2.10. The first-order valence-electron chi connectivity index (χ1n) is 5.69. The van der Waals surface area contributed by atoms with Crippen molar-refractivity contribution in [1.29, 1.82) is 0 Å². The Morgan fingerprint density at radius 1 is 1.28 bits per heavy atom. The second kappa shape index (κ2) is 5.87. The summed E-state index contributed by atoms with van der Waals surface area (Å²) in [4.78, 5) is 4.37. The third kappa shape index (κ3) is 3.23. The van der Waals surface area contributed by atoms with Crippen molar-refractivity contribution in [2.45, 2.75) is 13.5 Å². The minimum absolute atomic E-state index is 0.666. The first-order valence-corrected chi connectivity index (χ1v) is 6.48. The Kier molecular flexibility index (Phi) is 4.20. The Hall–Kier alpha value is -1.55. The molecule has 2 rings (SSSR count). The first-order chi connectivity index (χ1) is 8.69. The van der Waals surface area contributed by atoms with Crippen molar-refractivity contribution in [3.63, 3.8) is 0 Å². The number of ether oxygens (including phenoxy) is 1. The molecular formula is C14H15BrN2O. The fourth-order valence-corrected chi connectivity index (χ4v) is 2.06. The van der Waals surface area contributed by atoms with E-state index >= 15 is 0 Å². The molecule has 4 heteroatoms. The van der Waals surface area contributed by atoms with Gasteiger partial charge in [-0.15, -0.1) is 0 Å². The summed E-state index contributed by atoms with van der Waals surface area (Å²) in [5.74, 6) is 0.852. The largest absolute Gasteiger partial charge is 0.495 e. The van der Waals surface area contributed by atoms with Gasteiger partial charge in [-0.1, -0.05) is 12.1 Å². The van der Waals surface area contributed by atoms with Crippen molar-refractivity contribution in [3.05, 3.63) is 52.3 Å². The Morgan fingerprint density at radius 2 is 2.11 bits per heavy atom. The van der Waals surface area contributed by atoms with Gasteiger partial charge in [-0.05, 0) is 52.7 Å². The van der Waals surface area contributed by atoms with Crippen LogP contribution in [0.3, 0.4) is 0 Å². The Labute approximate surface area is 115 Å². The number of nitrogens with one attached hydrogen (secondary N) is 1. The molecule has 0 spiro atoms. The van der Waals surface area contributed by atoms with E-state index in [4.69, 9.17) is 4.74 Å². The van der Waals surface area contributed by atoms with Gasteiger partial charge in [0.05, 0.1) is 25.0 Å². The lowest BCUT2D eigenvalue weighted by atomic mass is 10.2. The summed E-state index contributed by atoms with van der Waals surface area (Å²) in [5, 5.41) is 3.33. The molecule has 1 aromatic carbocycles. The molecule has 0 saturated heterocycles. The average molecular weight is 307 g/mol. The first kappa shape index (κ1) is 12.9. The highest BCUT2D eigenvalue weighted by Crippen LogP contribution is 2.25. The van der Waals surface area contributed by atoms with E-state index < -0.39 is 0 Å². The van der Waals surface area contributed by atoms with Gasteiger partial charge in [-0.3, -0.25) is 0 Å². The highest BCUT2D eigenvalue weighted by molar-refractivity contribution is 9.10. The zero-order chi connectivity index (χ0) is 13.0. The number of aromatic nitrogens is 1. The van der Waals surface area contributed by atoms with Crippen LogP contribution in [-0.2, 0) is 6.54 Å². The fraction of sp³-hybridized carbons (Fsp3) is 0.214. The summed E-state index contributed by atoms with van der Waals surface area (Å²) in [6.07, 6.45) is 0. The summed E-state index contributed by atoms with van der Waals surface area (Å²) in [7, 11) is 1.68. The third-order valence-corrected chi connectivity index (χ3v) is 3.03. The minimum atomic E-state index is 0.666. The molecule has 3 nitrogen and oxygen atoms in total. The summed E-state index contributed by atoms with van der Waals surface area (Å²) in [5.41, 5.74) is 3.13. The van der Waals surface area contributed by atoms with E-state index in [9.17, 15) is 0 Å².